The second-order valence-electron chi connectivity index (χ2n) is 8.12. The quantitative estimate of drug-likeness (QED) is 0.662. The number of hydrogen-bond acceptors (Lipinski definition) is 5. The Kier molecular flexibility index (Phi) is 7.76. The summed E-state index contributed by atoms with van der Waals surface area (Å²) in [6.07, 6.45) is 6.86. The molecule has 1 aliphatic heterocycles. The summed E-state index contributed by atoms with van der Waals surface area (Å²) < 4.78 is 32.3. The number of carbonyl (C=O) groups is 2. The van der Waals surface area contributed by atoms with Crippen molar-refractivity contribution in [3.63, 3.8) is 0 Å². The molecule has 1 aliphatic carbocycles. The van der Waals surface area contributed by atoms with E-state index in [4.69, 9.17) is 16.3 Å². The van der Waals surface area contributed by atoms with Gasteiger partial charge in [-0.05, 0) is 49.8 Å². The second kappa shape index (κ2) is 10.1. The van der Waals surface area contributed by atoms with Gasteiger partial charge >= 0.3 is 5.97 Å². The summed E-state index contributed by atoms with van der Waals surface area (Å²) in [5, 5.41) is 3.00. The Hall–Kier alpha value is -1.64. The highest BCUT2D eigenvalue weighted by molar-refractivity contribution is 7.89. The number of amides is 1. The van der Waals surface area contributed by atoms with Crippen LogP contribution in [0.25, 0.3) is 0 Å². The molecule has 2 aliphatic rings. The molecule has 0 radical (unpaired) electrons. The highest BCUT2D eigenvalue weighted by atomic mass is 35.5. The molecule has 1 saturated heterocycles. The van der Waals surface area contributed by atoms with Crippen LogP contribution in [0.4, 0.5) is 0 Å². The van der Waals surface area contributed by atoms with Gasteiger partial charge in [0.15, 0.2) is 6.61 Å². The van der Waals surface area contributed by atoms with Gasteiger partial charge in [-0.1, -0.05) is 37.8 Å². The van der Waals surface area contributed by atoms with E-state index in [1.165, 1.54) is 22.5 Å². The first-order valence-electron chi connectivity index (χ1n) is 10.5. The number of nitrogens with zero attached hydrogens (tertiary/aromatic N) is 1. The van der Waals surface area contributed by atoms with Crippen molar-refractivity contribution in [1.82, 2.24) is 9.62 Å². The van der Waals surface area contributed by atoms with Crippen LogP contribution in [0.5, 0.6) is 0 Å². The number of carbonyl (C=O) groups excluding carboxylic acids is 2. The van der Waals surface area contributed by atoms with E-state index in [0.29, 0.717) is 19.0 Å². The summed E-state index contributed by atoms with van der Waals surface area (Å²) in [6, 6.07) is 4.08. The SMILES string of the molecule is C[C@@H]1CCCC[C@H]1NC(=O)COC(=O)c1cc(S(=O)(=O)N2CCCCC2)ccc1Cl. The highest BCUT2D eigenvalue weighted by Gasteiger charge is 2.28. The molecule has 1 aromatic rings. The molecule has 9 heteroatoms. The van der Waals surface area contributed by atoms with E-state index in [1.54, 1.807) is 0 Å². The molecule has 0 bridgehead atoms. The number of halogens is 1. The number of rotatable bonds is 6. The van der Waals surface area contributed by atoms with E-state index < -0.39 is 22.6 Å². The molecule has 2 fully saturated rings. The van der Waals surface area contributed by atoms with Crippen molar-refractivity contribution in [2.24, 2.45) is 5.92 Å². The van der Waals surface area contributed by atoms with Gasteiger partial charge < -0.3 is 10.1 Å². The summed E-state index contributed by atoms with van der Waals surface area (Å²) in [5.41, 5.74) is -0.0615. The average Bonchev–Trinajstić information content (AvgIpc) is 2.74. The largest absolute Gasteiger partial charge is 0.452 e. The molecule has 1 amide bonds. The predicted octanol–water partition coefficient (Wildman–Crippen LogP) is 3.37. The number of sulfonamides is 1. The summed E-state index contributed by atoms with van der Waals surface area (Å²) in [7, 11) is -3.70. The summed E-state index contributed by atoms with van der Waals surface area (Å²) >= 11 is 6.11. The molecule has 2 atom stereocenters. The van der Waals surface area contributed by atoms with Gasteiger partial charge in [-0.2, -0.15) is 4.31 Å². The van der Waals surface area contributed by atoms with Crippen LogP contribution >= 0.6 is 11.6 Å². The van der Waals surface area contributed by atoms with Crippen LogP contribution in [-0.2, 0) is 19.6 Å². The maximum absolute atomic E-state index is 12.9. The average molecular weight is 457 g/mol. The lowest BCUT2D eigenvalue weighted by Crippen LogP contribution is -2.42. The van der Waals surface area contributed by atoms with Gasteiger partial charge in [-0.25, -0.2) is 13.2 Å². The van der Waals surface area contributed by atoms with Crippen molar-refractivity contribution in [2.45, 2.75) is 62.8 Å². The lowest BCUT2D eigenvalue weighted by atomic mass is 9.86. The maximum Gasteiger partial charge on any atom is 0.340 e. The van der Waals surface area contributed by atoms with Crippen LogP contribution in [0.15, 0.2) is 23.1 Å². The monoisotopic (exact) mass is 456 g/mol. The molecule has 3 rings (SSSR count). The summed E-state index contributed by atoms with van der Waals surface area (Å²) in [6.45, 7) is 2.60. The van der Waals surface area contributed by atoms with Gasteiger partial charge in [0.25, 0.3) is 5.91 Å². The molecular formula is C21H29ClN2O5S. The Morgan fingerprint density at radius 1 is 1.13 bits per heavy atom. The molecule has 166 valence electrons. The van der Waals surface area contributed by atoms with Crippen molar-refractivity contribution in [1.29, 1.82) is 0 Å². The Balaban J connectivity index is 1.64. The van der Waals surface area contributed by atoms with Gasteiger partial charge in [-0.15, -0.1) is 0 Å². The molecule has 30 heavy (non-hydrogen) atoms. The van der Waals surface area contributed by atoms with Crippen LogP contribution in [0, 0.1) is 5.92 Å². The van der Waals surface area contributed by atoms with E-state index in [1.807, 2.05) is 0 Å². The molecule has 0 spiro atoms. The fourth-order valence-electron chi connectivity index (χ4n) is 4.06. The molecule has 0 unspecified atom stereocenters. The molecule has 1 heterocycles. The van der Waals surface area contributed by atoms with Gasteiger partial charge in [0.05, 0.1) is 15.5 Å². The lowest BCUT2D eigenvalue weighted by Gasteiger charge is -2.29. The highest BCUT2D eigenvalue weighted by Crippen LogP contribution is 2.26. The van der Waals surface area contributed by atoms with Crippen LogP contribution in [0.1, 0.15) is 62.2 Å². The first kappa shape index (κ1) is 23.0. The zero-order valence-corrected chi connectivity index (χ0v) is 18.8. The van der Waals surface area contributed by atoms with Crippen molar-refractivity contribution >= 4 is 33.5 Å². The Morgan fingerprint density at radius 3 is 2.53 bits per heavy atom. The standard InChI is InChI=1S/C21H29ClN2O5S/c1-15-7-3-4-8-19(15)23-20(25)14-29-21(26)17-13-16(9-10-18(17)22)30(27,28)24-11-5-2-6-12-24/h9-10,13,15,19H,2-8,11-12,14H2,1H3,(H,23,25)/t15-,19-/m1/s1. The van der Waals surface area contributed by atoms with Crippen molar-refractivity contribution < 1.29 is 22.7 Å². The van der Waals surface area contributed by atoms with Crippen molar-refractivity contribution in [3.05, 3.63) is 28.8 Å². The van der Waals surface area contributed by atoms with Gasteiger partial charge in [-0.3, -0.25) is 4.79 Å². The van der Waals surface area contributed by atoms with E-state index in [9.17, 15) is 18.0 Å². The van der Waals surface area contributed by atoms with Gasteiger partial charge in [0.2, 0.25) is 10.0 Å². The third-order valence-electron chi connectivity index (χ3n) is 5.90. The zero-order valence-electron chi connectivity index (χ0n) is 17.2. The second-order valence-corrected chi connectivity index (χ2v) is 10.5. The van der Waals surface area contributed by atoms with E-state index in [0.717, 1.165) is 44.9 Å². The maximum atomic E-state index is 12.9. The third kappa shape index (κ3) is 5.53. The number of nitrogens with one attached hydrogen (secondary N) is 1. The summed E-state index contributed by atoms with van der Waals surface area (Å²) in [5.74, 6) is -0.789. The Labute approximate surface area is 183 Å². The van der Waals surface area contributed by atoms with Gasteiger partial charge in [0, 0.05) is 19.1 Å². The van der Waals surface area contributed by atoms with Gasteiger partial charge in [0.1, 0.15) is 0 Å². The number of hydrogen-bond donors (Lipinski definition) is 1. The van der Waals surface area contributed by atoms with Crippen LogP contribution in [0.2, 0.25) is 5.02 Å². The number of piperidine rings is 1. The fourth-order valence-corrected chi connectivity index (χ4v) is 5.80. The van der Waals surface area contributed by atoms with E-state index in [2.05, 4.69) is 12.2 Å². The topological polar surface area (TPSA) is 92.8 Å². The van der Waals surface area contributed by atoms with Crippen LogP contribution < -0.4 is 5.32 Å². The van der Waals surface area contributed by atoms with E-state index >= 15 is 0 Å². The normalized spacial score (nSPS) is 23.0. The van der Waals surface area contributed by atoms with E-state index in [-0.39, 0.29) is 27.4 Å². The lowest BCUT2D eigenvalue weighted by molar-refractivity contribution is -0.125. The first-order chi connectivity index (χ1) is 14.3. The molecule has 1 N–H and O–H groups in total. The molecule has 7 nitrogen and oxygen atoms in total. The summed E-state index contributed by atoms with van der Waals surface area (Å²) in [4.78, 5) is 24.7. The number of benzene rings is 1. The van der Waals surface area contributed by atoms with Crippen LogP contribution in [-0.4, -0.2) is 50.3 Å². The fraction of sp³-hybridized carbons (Fsp3) is 0.619. The van der Waals surface area contributed by atoms with Crippen molar-refractivity contribution in [3.8, 4) is 0 Å². The third-order valence-corrected chi connectivity index (χ3v) is 8.13. The molecular weight excluding hydrogens is 428 g/mol. The number of esters is 1. The molecule has 0 aromatic heterocycles. The number of ether oxygens (including phenoxy) is 1. The minimum Gasteiger partial charge on any atom is -0.452 e. The smallest absolute Gasteiger partial charge is 0.340 e. The Morgan fingerprint density at radius 2 is 1.83 bits per heavy atom. The molecule has 1 aromatic carbocycles. The Bertz CT molecular complexity index is 883. The molecule has 1 saturated carbocycles. The minimum atomic E-state index is -3.70. The zero-order chi connectivity index (χ0) is 21.7. The van der Waals surface area contributed by atoms with Crippen LogP contribution in [0.3, 0.4) is 0 Å². The minimum absolute atomic E-state index is 0.00114. The predicted molar refractivity (Wildman–Crippen MR) is 114 cm³/mol. The van der Waals surface area contributed by atoms with Crippen molar-refractivity contribution in [2.75, 3.05) is 19.7 Å². The first-order valence-corrected chi connectivity index (χ1v) is 12.4.